The van der Waals surface area contributed by atoms with Gasteiger partial charge in [-0.05, 0) is 25.7 Å². The second-order valence-corrected chi connectivity index (χ2v) is 12.3. The van der Waals surface area contributed by atoms with Gasteiger partial charge in [0, 0.05) is 12.8 Å². The Hall–Kier alpha value is -0.860. The van der Waals surface area contributed by atoms with Crippen molar-refractivity contribution in [3.05, 3.63) is 0 Å². The van der Waals surface area contributed by atoms with Crippen molar-refractivity contribution < 1.29 is 29.4 Å². The fourth-order valence-electron chi connectivity index (χ4n) is 5.04. The third kappa shape index (κ3) is 35.8. The number of hydrogen-bond acceptors (Lipinski definition) is 6. The van der Waals surface area contributed by atoms with E-state index in [2.05, 4.69) is 24.5 Å². The maximum absolute atomic E-state index is 11.7. The molecule has 9 heteroatoms. The number of unbranched alkanes of at least 4 members (excludes halogenated alkanes) is 18. The first kappa shape index (κ1) is 48.5. The Morgan fingerprint density at radius 2 is 0.667 bits per heavy atom. The molecule has 0 saturated carbocycles. The quantitative estimate of drug-likeness (QED) is 0.0684. The van der Waals surface area contributed by atoms with Crippen LogP contribution in [0.1, 0.15) is 195 Å². The zero-order valence-electron chi connectivity index (χ0n) is 29.7. The molecule has 0 aromatic rings. The van der Waals surface area contributed by atoms with Crippen molar-refractivity contribution in [2.45, 2.75) is 207 Å². The topological polar surface area (TPSA) is 138 Å². The van der Waals surface area contributed by atoms with Gasteiger partial charge in [-0.3, -0.25) is 9.59 Å². The molecule has 0 aliphatic rings. The van der Waals surface area contributed by atoms with Crippen molar-refractivity contribution in [3.63, 3.8) is 0 Å². The van der Waals surface area contributed by atoms with E-state index >= 15 is 0 Å². The molecule has 0 aromatic heterocycles. The van der Waals surface area contributed by atoms with Crippen LogP contribution in [0, 0.1) is 0 Å². The first-order chi connectivity index (χ1) is 21.2. The van der Waals surface area contributed by atoms with Gasteiger partial charge in [-0.2, -0.15) is 0 Å². The van der Waals surface area contributed by atoms with Crippen LogP contribution in [0.2, 0.25) is 0 Å². The molecule has 0 fully saturated rings. The van der Waals surface area contributed by atoms with Crippen molar-refractivity contribution in [2.75, 3.05) is 0 Å². The van der Waals surface area contributed by atoms with Crippen LogP contribution < -0.4 is 20.8 Å². The summed E-state index contributed by atoms with van der Waals surface area (Å²) in [6, 6.07) is -1.66. The van der Waals surface area contributed by atoms with Gasteiger partial charge in [0.25, 0.3) is 0 Å². The van der Waals surface area contributed by atoms with Crippen LogP contribution in [0.25, 0.3) is 0 Å². The number of aliphatic carboxylic acids is 2. The molecule has 0 heterocycles. The van der Waals surface area contributed by atoms with E-state index in [9.17, 15) is 29.4 Å². The number of carbonyl (C=O) groups is 4. The molecular formula is C36H68CaN2O6. The number of hydrogen-bond donors (Lipinski definition) is 2. The van der Waals surface area contributed by atoms with Crippen LogP contribution in [0.3, 0.4) is 0 Å². The van der Waals surface area contributed by atoms with Gasteiger partial charge in [-0.25, -0.2) is 0 Å². The standard InChI is InChI=1S/2C18H35NO3.Ca/c2*1-3-5-7-8-9-10-11-12-13-15-17(20)19-16(18(21)22)14-6-4-2;/h2*16H,3-15H2,1-2H3,(H,19,20)(H,21,22);/q;;+2/p-2. The van der Waals surface area contributed by atoms with Gasteiger partial charge in [0.2, 0.25) is 11.8 Å². The van der Waals surface area contributed by atoms with Crippen molar-refractivity contribution in [1.29, 1.82) is 0 Å². The van der Waals surface area contributed by atoms with Gasteiger partial charge in [0.05, 0.1) is 24.0 Å². The van der Waals surface area contributed by atoms with Crippen molar-refractivity contribution in [3.8, 4) is 0 Å². The number of rotatable bonds is 30. The zero-order chi connectivity index (χ0) is 33.3. The molecular weight excluding hydrogens is 596 g/mol. The molecule has 45 heavy (non-hydrogen) atoms. The average molecular weight is 665 g/mol. The number of nitrogens with one attached hydrogen (secondary N) is 2. The number of amides is 2. The SMILES string of the molecule is CCCCCCCCCCCC(=O)NC(CCCC)C(=O)[O-].CCCCCCCCCCCC(=O)NC(CCCC)C(=O)[O-].[Ca+2]. The van der Waals surface area contributed by atoms with Crippen LogP contribution in [0.5, 0.6) is 0 Å². The summed E-state index contributed by atoms with van der Waals surface area (Å²) in [5, 5.41) is 27.0. The number of carboxylic acids is 2. The second-order valence-electron chi connectivity index (χ2n) is 12.3. The van der Waals surface area contributed by atoms with Crippen molar-refractivity contribution >= 4 is 61.5 Å². The van der Waals surface area contributed by atoms with E-state index in [-0.39, 0.29) is 49.6 Å². The summed E-state index contributed by atoms with van der Waals surface area (Å²) >= 11 is 0. The fourth-order valence-corrected chi connectivity index (χ4v) is 5.04. The molecule has 2 N–H and O–H groups in total. The van der Waals surface area contributed by atoms with Crippen molar-refractivity contribution in [1.82, 2.24) is 10.6 Å². The Bertz CT molecular complexity index is 649. The Morgan fingerprint density at radius 3 is 0.911 bits per heavy atom. The predicted molar refractivity (Wildman–Crippen MR) is 182 cm³/mol. The zero-order valence-corrected chi connectivity index (χ0v) is 31.9. The molecule has 260 valence electrons. The molecule has 8 nitrogen and oxygen atoms in total. The normalized spacial score (nSPS) is 11.8. The summed E-state index contributed by atoms with van der Waals surface area (Å²) < 4.78 is 0. The minimum Gasteiger partial charge on any atom is -0.548 e. The Kier molecular flexibility index (Phi) is 40.6. The molecule has 2 amide bonds. The summed E-state index contributed by atoms with van der Waals surface area (Å²) in [7, 11) is 0. The molecule has 2 atom stereocenters. The molecule has 0 bridgehead atoms. The van der Waals surface area contributed by atoms with Crippen LogP contribution in [0.15, 0.2) is 0 Å². The molecule has 0 spiro atoms. The summed E-state index contributed by atoms with van der Waals surface area (Å²) in [5.74, 6) is -2.66. The summed E-state index contributed by atoms with van der Waals surface area (Å²) in [5.41, 5.74) is 0. The number of carbonyl (C=O) groups excluding carboxylic acids is 4. The third-order valence-electron chi connectivity index (χ3n) is 7.95. The van der Waals surface area contributed by atoms with E-state index in [0.717, 1.165) is 51.4 Å². The molecule has 0 aliphatic carbocycles. The Morgan fingerprint density at radius 1 is 0.422 bits per heavy atom. The van der Waals surface area contributed by atoms with E-state index in [1.165, 1.54) is 89.9 Å². The molecule has 0 radical (unpaired) electrons. The van der Waals surface area contributed by atoms with E-state index in [4.69, 9.17) is 0 Å². The van der Waals surface area contributed by atoms with Crippen LogP contribution in [-0.4, -0.2) is 73.6 Å². The Labute approximate surface area is 306 Å². The van der Waals surface area contributed by atoms with E-state index in [1.807, 2.05) is 13.8 Å². The van der Waals surface area contributed by atoms with Gasteiger partial charge < -0.3 is 30.4 Å². The van der Waals surface area contributed by atoms with E-state index in [1.54, 1.807) is 0 Å². The fraction of sp³-hybridized carbons (Fsp3) is 0.889. The van der Waals surface area contributed by atoms with Crippen LogP contribution in [-0.2, 0) is 19.2 Å². The molecule has 0 aliphatic heterocycles. The predicted octanol–water partition coefficient (Wildman–Crippen LogP) is 6.28. The van der Waals surface area contributed by atoms with E-state index in [0.29, 0.717) is 25.7 Å². The minimum absolute atomic E-state index is 0. The Balaban J connectivity index is -0.000000767. The van der Waals surface area contributed by atoms with Crippen LogP contribution in [0.4, 0.5) is 0 Å². The minimum atomic E-state index is -1.17. The molecule has 2 unspecified atom stereocenters. The largest absolute Gasteiger partial charge is 2.00 e. The molecule has 0 aromatic carbocycles. The smallest absolute Gasteiger partial charge is 0.548 e. The monoisotopic (exact) mass is 664 g/mol. The van der Waals surface area contributed by atoms with E-state index < -0.39 is 24.0 Å². The summed E-state index contributed by atoms with van der Waals surface area (Å²) in [6.07, 6.45) is 26.9. The van der Waals surface area contributed by atoms with Crippen molar-refractivity contribution in [2.24, 2.45) is 0 Å². The van der Waals surface area contributed by atoms with Gasteiger partial charge in [-0.1, -0.05) is 156 Å². The van der Waals surface area contributed by atoms with Gasteiger partial charge in [0.15, 0.2) is 0 Å². The van der Waals surface area contributed by atoms with Crippen LogP contribution >= 0.6 is 0 Å². The third-order valence-corrected chi connectivity index (χ3v) is 7.95. The average Bonchev–Trinajstić information content (AvgIpc) is 2.99. The van der Waals surface area contributed by atoms with Gasteiger partial charge >= 0.3 is 37.7 Å². The summed E-state index contributed by atoms with van der Waals surface area (Å²) in [6.45, 7) is 8.43. The number of carboxylic acid groups (broad SMARTS) is 2. The maximum Gasteiger partial charge on any atom is 2.00 e. The first-order valence-corrected chi connectivity index (χ1v) is 18.2. The second kappa shape index (κ2) is 37.6. The maximum atomic E-state index is 11.7. The summed E-state index contributed by atoms with van der Waals surface area (Å²) in [4.78, 5) is 45.3. The molecule has 0 rings (SSSR count). The van der Waals surface area contributed by atoms with Gasteiger partial charge in [-0.15, -0.1) is 0 Å². The first-order valence-electron chi connectivity index (χ1n) is 18.2. The van der Waals surface area contributed by atoms with Gasteiger partial charge in [0.1, 0.15) is 0 Å². The molecule has 0 saturated heterocycles.